The molecule has 0 aromatic carbocycles. The van der Waals surface area contributed by atoms with Crippen LogP contribution in [0, 0.1) is 0 Å². The van der Waals surface area contributed by atoms with Crippen LogP contribution in [-0.2, 0) is 18.9 Å². The molecule has 0 saturated carbocycles. The maximum atomic E-state index is 5.75. The van der Waals surface area contributed by atoms with Crippen LogP contribution < -0.4 is 0 Å². The average Bonchev–Trinajstić information content (AvgIpc) is 2.76. The van der Waals surface area contributed by atoms with Gasteiger partial charge in [-0.2, -0.15) is 0 Å². The zero-order valence-corrected chi connectivity index (χ0v) is 10.2. The maximum absolute atomic E-state index is 5.75. The van der Waals surface area contributed by atoms with Crippen molar-refractivity contribution in [1.82, 2.24) is 0 Å². The minimum Gasteiger partial charge on any atom is -0.486 e. The summed E-state index contributed by atoms with van der Waals surface area (Å²) in [6, 6.07) is 0. The van der Waals surface area contributed by atoms with Crippen molar-refractivity contribution < 1.29 is 18.9 Å². The second kappa shape index (κ2) is 3.20. The molecule has 0 amide bonds. The van der Waals surface area contributed by atoms with Gasteiger partial charge in [-0.25, -0.2) is 0 Å². The first kappa shape index (κ1) is 10.1. The van der Waals surface area contributed by atoms with Gasteiger partial charge in [0, 0.05) is 4.99 Å². The summed E-state index contributed by atoms with van der Waals surface area (Å²) in [7, 11) is 0. The Morgan fingerprint density at radius 1 is 1.40 bits per heavy atom. The lowest BCUT2D eigenvalue weighted by molar-refractivity contribution is -0.153. The third-order valence-electron chi connectivity index (χ3n) is 2.91. The highest BCUT2D eigenvalue weighted by molar-refractivity contribution is 9.11. The molecular weight excluding hydrogens is 264 g/mol. The molecule has 3 fully saturated rings. The van der Waals surface area contributed by atoms with Crippen molar-refractivity contribution in [1.29, 1.82) is 0 Å². The van der Waals surface area contributed by atoms with Crippen molar-refractivity contribution in [2.24, 2.45) is 0 Å². The smallest absolute Gasteiger partial charge is 0.163 e. The van der Waals surface area contributed by atoms with E-state index in [1.165, 1.54) is 0 Å². The van der Waals surface area contributed by atoms with Gasteiger partial charge in [-0.15, -0.1) is 0 Å². The molecule has 0 aromatic rings. The monoisotopic (exact) mass is 276 g/mol. The first-order valence-corrected chi connectivity index (χ1v) is 5.96. The molecule has 0 aromatic heterocycles. The van der Waals surface area contributed by atoms with Crippen LogP contribution in [0.15, 0.2) is 10.7 Å². The minimum atomic E-state index is -0.501. The quantitative estimate of drug-likeness (QED) is 0.682. The van der Waals surface area contributed by atoms with Gasteiger partial charge in [0.25, 0.3) is 0 Å². The summed E-state index contributed by atoms with van der Waals surface area (Å²) in [6.07, 6.45) is 0.221. The summed E-state index contributed by atoms with van der Waals surface area (Å²) < 4.78 is 22.5. The molecule has 3 saturated heterocycles. The molecule has 0 N–H and O–H groups in total. The Bertz CT molecular complexity index is 315. The molecule has 0 spiro atoms. The van der Waals surface area contributed by atoms with Gasteiger partial charge in [0.05, 0.1) is 6.61 Å². The molecule has 15 heavy (non-hydrogen) atoms. The summed E-state index contributed by atoms with van der Waals surface area (Å²) in [5.41, 5.74) is 0. The highest BCUT2D eigenvalue weighted by Gasteiger charge is 2.60. The van der Waals surface area contributed by atoms with Crippen LogP contribution in [0.2, 0.25) is 0 Å². The van der Waals surface area contributed by atoms with Gasteiger partial charge in [0.1, 0.15) is 24.1 Å². The molecule has 84 valence electrons. The second-order valence-corrected chi connectivity index (χ2v) is 4.94. The molecule has 0 radical (unpaired) electrons. The van der Waals surface area contributed by atoms with Gasteiger partial charge in [-0.05, 0) is 13.8 Å². The van der Waals surface area contributed by atoms with E-state index in [1.54, 1.807) is 4.99 Å². The summed E-state index contributed by atoms with van der Waals surface area (Å²) in [5, 5.41) is 0. The average molecular weight is 277 g/mol. The van der Waals surface area contributed by atoms with Crippen molar-refractivity contribution in [3.63, 3.8) is 0 Å². The molecule has 0 bridgehead atoms. The number of hydrogen-bond donors (Lipinski definition) is 0. The third-order valence-corrected chi connectivity index (χ3v) is 3.36. The molecule has 0 aliphatic carbocycles. The highest BCUT2D eigenvalue weighted by atomic mass is 79.9. The van der Waals surface area contributed by atoms with E-state index in [0.29, 0.717) is 6.61 Å². The highest BCUT2D eigenvalue weighted by Crippen LogP contribution is 2.45. The van der Waals surface area contributed by atoms with Crippen molar-refractivity contribution in [3.05, 3.63) is 10.7 Å². The first-order chi connectivity index (χ1) is 7.11. The Balaban J connectivity index is 1.70. The number of fused-ring (bicyclic) bond motifs is 1. The van der Waals surface area contributed by atoms with Crippen LogP contribution in [-0.4, -0.2) is 36.8 Å². The largest absolute Gasteiger partial charge is 0.486 e. The molecule has 3 heterocycles. The van der Waals surface area contributed by atoms with Crippen molar-refractivity contribution in [3.8, 4) is 0 Å². The predicted octanol–water partition coefficient (Wildman–Crippen LogP) is 1.54. The van der Waals surface area contributed by atoms with Gasteiger partial charge in [0.2, 0.25) is 0 Å². The standard InChI is InChI=1S/C10H13BrO4/c1-10(2)12-4-6(15-10)8-9-7(14-9)5(3-11)13-8/h3,6-9H,4H2,1-2H3/b5-3-/t6-,7+,8+,9+/m0/s1. The number of rotatable bonds is 1. The normalized spacial score (nSPS) is 49.1. The number of hydrogen-bond acceptors (Lipinski definition) is 4. The number of epoxide rings is 1. The minimum absolute atomic E-state index is 0.0272. The Hall–Kier alpha value is -0.100. The van der Waals surface area contributed by atoms with E-state index in [4.69, 9.17) is 18.9 Å². The molecule has 3 aliphatic rings. The second-order valence-electron chi connectivity index (χ2n) is 4.48. The third kappa shape index (κ3) is 1.62. The molecule has 5 heteroatoms. The van der Waals surface area contributed by atoms with E-state index in [1.807, 2.05) is 13.8 Å². The SMILES string of the molecule is CC1(C)OC[C@@H]([C@H]2O/C(=C\Br)[C@H]3O[C@@H]23)O1. The summed E-state index contributed by atoms with van der Waals surface area (Å²) in [5.74, 6) is 0.359. The van der Waals surface area contributed by atoms with E-state index in [-0.39, 0.29) is 24.4 Å². The van der Waals surface area contributed by atoms with Crippen LogP contribution in [0.4, 0.5) is 0 Å². The van der Waals surface area contributed by atoms with Crippen LogP contribution in [0.5, 0.6) is 0 Å². The molecular formula is C10H13BrO4. The fraction of sp³-hybridized carbons (Fsp3) is 0.800. The summed E-state index contributed by atoms with van der Waals surface area (Å²) >= 11 is 3.26. The Labute approximate surface area is 96.6 Å². The van der Waals surface area contributed by atoms with Gasteiger partial charge < -0.3 is 18.9 Å². The lowest BCUT2D eigenvalue weighted by atomic mass is 10.1. The van der Waals surface area contributed by atoms with E-state index in [9.17, 15) is 0 Å². The van der Waals surface area contributed by atoms with E-state index >= 15 is 0 Å². The van der Waals surface area contributed by atoms with Crippen molar-refractivity contribution in [2.45, 2.75) is 44.1 Å². The van der Waals surface area contributed by atoms with Crippen molar-refractivity contribution in [2.75, 3.05) is 6.61 Å². The van der Waals surface area contributed by atoms with Crippen LogP contribution in [0.3, 0.4) is 0 Å². The molecule has 4 nitrogen and oxygen atoms in total. The topological polar surface area (TPSA) is 40.2 Å². The fourth-order valence-electron chi connectivity index (χ4n) is 2.15. The summed E-state index contributed by atoms with van der Waals surface area (Å²) in [4.78, 5) is 1.78. The zero-order valence-electron chi connectivity index (χ0n) is 8.60. The number of ether oxygens (including phenoxy) is 4. The molecule has 4 atom stereocenters. The Morgan fingerprint density at radius 2 is 2.20 bits per heavy atom. The molecule has 0 unspecified atom stereocenters. The molecule has 3 rings (SSSR count). The van der Waals surface area contributed by atoms with Gasteiger partial charge in [-0.1, -0.05) is 15.9 Å². The Kier molecular flexibility index (Phi) is 2.15. The number of halogens is 1. The molecule has 3 aliphatic heterocycles. The van der Waals surface area contributed by atoms with E-state index in [2.05, 4.69) is 15.9 Å². The lowest BCUT2D eigenvalue weighted by Gasteiger charge is -2.21. The lowest BCUT2D eigenvalue weighted by Crippen LogP contribution is -2.34. The van der Waals surface area contributed by atoms with Gasteiger partial charge in [0.15, 0.2) is 11.9 Å². The maximum Gasteiger partial charge on any atom is 0.163 e. The van der Waals surface area contributed by atoms with Crippen LogP contribution in [0.1, 0.15) is 13.8 Å². The zero-order chi connectivity index (χ0) is 10.6. The van der Waals surface area contributed by atoms with Gasteiger partial charge >= 0.3 is 0 Å². The van der Waals surface area contributed by atoms with Gasteiger partial charge in [-0.3, -0.25) is 0 Å². The predicted molar refractivity (Wildman–Crippen MR) is 55.4 cm³/mol. The van der Waals surface area contributed by atoms with E-state index < -0.39 is 5.79 Å². The first-order valence-electron chi connectivity index (χ1n) is 5.05. The van der Waals surface area contributed by atoms with Crippen LogP contribution >= 0.6 is 15.9 Å². The van der Waals surface area contributed by atoms with Crippen LogP contribution in [0.25, 0.3) is 0 Å². The fourth-order valence-corrected chi connectivity index (χ4v) is 2.51. The summed E-state index contributed by atoms with van der Waals surface area (Å²) in [6.45, 7) is 4.39. The van der Waals surface area contributed by atoms with Crippen molar-refractivity contribution >= 4 is 15.9 Å². The Morgan fingerprint density at radius 3 is 2.73 bits per heavy atom. The van der Waals surface area contributed by atoms with E-state index in [0.717, 1.165) is 5.76 Å².